The minimum Gasteiger partial charge on any atom is -0.465 e. The molecule has 0 aliphatic carbocycles. The summed E-state index contributed by atoms with van der Waals surface area (Å²) in [6, 6.07) is 0.0298. The first-order valence-electron chi connectivity index (χ1n) is 6.97. The number of rotatable bonds is 7. The highest BCUT2D eigenvalue weighted by atomic mass is 16.6. The molecule has 0 spiro atoms. The Labute approximate surface area is 123 Å². The van der Waals surface area contributed by atoms with Crippen molar-refractivity contribution in [2.24, 2.45) is 5.92 Å². The minimum atomic E-state index is -1.42. The van der Waals surface area contributed by atoms with Gasteiger partial charge in [0.15, 0.2) is 5.92 Å². The van der Waals surface area contributed by atoms with Crippen molar-refractivity contribution < 1.29 is 24.2 Å². The second kappa shape index (κ2) is 7.78. The number of esters is 2. The Hall–Kier alpha value is -1.89. The predicted molar refractivity (Wildman–Crippen MR) is 74.3 cm³/mol. The topological polar surface area (TPSA) is 90.7 Å². The van der Waals surface area contributed by atoms with E-state index >= 15 is 0 Å². The van der Waals surface area contributed by atoms with Gasteiger partial charge in [0.05, 0.1) is 31.4 Å². The summed E-state index contributed by atoms with van der Waals surface area (Å²) in [7, 11) is 0. The second-order valence-corrected chi connectivity index (χ2v) is 4.75. The first-order chi connectivity index (χ1) is 9.93. The van der Waals surface area contributed by atoms with Crippen LogP contribution < -0.4 is 0 Å². The molecule has 0 aromatic carbocycles. The smallest absolute Gasteiger partial charge is 0.323 e. The van der Waals surface area contributed by atoms with Gasteiger partial charge in [0, 0.05) is 6.04 Å². The van der Waals surface area contributed by atoms with Crippen molar-refractivity contribution in [2.75, 3.05) is 13.2 Å². The van der Waals surface area contributed by atoms with Gasteiger partial charge in [0.25, 0.3) is 0 Å². The summed E-state index contributed by atoms with van der Waals surface area (Å²) in [6.07, 6.45) is 1.60. The van der Waals surface area contributed by atoms with Gasteiger partial charge in [0.2, 0.25) is 0 Å². The highest BCUT2D eigenvalue weighted by Crippen LogP contribution is 2.26. The Kier molecular flexibility index (Phi) is 6.36. The number of aliphatic hydroxyl groups excluding tert-OH is 1. The summed E-state index contributed by atoms with van der Waals surface area (Å²) in [4.78, 5) is 27.9. The molecule has 118 valence electrons. The number of hydrogen-bond acceptors (Lipinski definition) is 6. The van der Waals surface area contributed by atoms with Crippen LogP contribution in [0, 0.1) is 5.92 Å². The SMILES string of the molecule is CCOC(=O)C(C(=O)OCC)C(O)c1cncn1C(C)C. The van der Waals surface area contributed by atoms with E-state index < -0.39 is 24.0 Å². The Morgan fingerprint density at radius 1 is 1.24 bits per heavy atom. The van der Waals surface area contributed by atoms with Gasteiger partial charge < -0.3 is 19.1 Å². The molecular formula is C14H22N2O5. The van der Waals surface area contributed by atoms with Crippen molar-refractivity contribution in [1.29, 1.82) is 0 Å². The van der Waals surface area contributed by atoms with Gasteiger partial charge in [-0.25, -0.2) is 4.98 Å². The van der Waals surface area contributed by atoms with Crippen LogP contribution in [0.15, 0.2) is 12.5 Å². The molecule has 0 aliphatic rings. The molecule has 1 atom stereocenters. The highest BCUT2D eigenvalue weighted by Gasteiger charge is 2.39. The van der Waals surface area contributed by atoms with Crippen molar-refractivity contribution in [3.05, 3.63) is 18.2 Å². The summed E-state index contributed by atoms with van der Waals surface area (Å²) in [5.74, 6) is -3.03. The average Bonchev–Trinajstić information content (AvgIpc) is 2.88. The van der Waals surface area contributed by atoms with E-state index in [0.717, 1.165) is 0 Å². The Morgan fingerprint density at radius 2 is 1.76 bits per heavy atom. The average molecular weight is 298 g/mol. The van der Waals surface area contributed by atoms with E-state index in [0.29, 0.717) is 5.69 Å². The van der Waals surface area contributed by atoms with E-state index in [2.05, 4.69) is 4.98 Å². The van der Waals surface area contributed by atoms with Crippen LogP contribution in [0.1, 0.15) is 45.5 Å². The summed E-state index contributed by atoms with van der Waals surface area (Å²) in [5, 5.41) is 10.4. The summed E-state index contributed by atoms with van der Waals surface area (Å²) in [6.45, 7) is 7.30. The van der Waals surface area contributed by atoms with E-state index in [1.54, 1.807) is 18.4 Å². The van der Waals surface area contributed by atoms with Gasteiger partial charge in [-0.1, -0.05) is 0 Å². The lowest BCUT2D eigenvalue weighted by Gasteiger charge is -2.22. The van der Waals surface area contributed by atoms with Crippen LogP contribution in [0.4, 0.5) is 0 Å². The molecule has 0 saturated heterocycles. The Balaban J connectivity index is 3.09. The fourth-order valence-corrected chi connectivity index (χ4v) is 1.96. The van der Waals surface area contributed by atoms with Crippen LogP contribution in [0.25, 0.3) is 0 Å². The number of aliphatic hydroxyl groups is 1. The molecular weight excluding hydrogens is 276 g/mol. The van der Waals surface area contributed by atoms with Crippen molar-refractivity contribution in [3.63, 3.8) is 0 Å². The molecule has 1 aromatic rings. The normalized spacial score (nSPS) is 12.5. The van der Waals surface area contributed by atoms with Crippen LogP contribution in [0.2, 0.25) is 0 Å². The predicted octanol–water partition coefficient (Wildman–Crippen LogP) is 1.24. The van der Waals surface area contributed by atoms with E-state index in [-0.39, 0.29) is 19.3 Å². The Bertz CT molecular complexity index is 465. The van der Waals surface area contributed by atoms with Crippen LogP contribution in [0.3, 0.4) is 0 Å². The number of carbonyl (C=O) groups is 2. The highest BCUT2D eigenvalue weighted by molar-refractivity contribution is 5.95. The molecule has 1 N–H and O–H groups in total. The zero-order valence-electron chi connectivity index (χ0n) is 12.8. The zero-order chi connectivity index (χ0) is 16.0. The van der Waals surface area contributed by atoms with Gasteiger partial charge in [0.1, 0.15) is 6.10 Å². The Morgan fingerprint density at radius 3 is 2.19 bits per heavy atom. The molecule has 7 heteroatoms. The van der Waals surface area contributed by atoms with Crippen molar-refractivity contribution in [3.8, 4) is 0 Å². The standard InChI is InChI=1S/C14H22N2O5/c1-5-20-13(18)11(14(19)21-6-2)12(17)10-7-15-8-16(10)9(3)4/h7-9,11-12,17H,5-6H2,1-4H3. The van der Waals surface area contributed by atoms with E-state index in [1.807, 2.05) is 13.8 Å². The number of ether oxygens (including phenoxy) is 2. The molecule has 0 saturated carbocycles. The molecule has 21 heavy (non-hydrogen) atoms. The number of nitrogens with zero attached hydrogens (tertiary/aromatic N) is 2. The van der Waals surface area contributed by atoms with Crippen molar-refractivity contribution >= 4 is 11.9 Å². The lowest BCUT2D eigenvalue weighted by molar-refractivity contribution is -0.167. The molecule has 0 fully saturated rings. The lowest BCUT2D eigenvalue weighted by Crippen LogP contribution is -2.34. The van der Waals surface area contributed by atoms with Crippen molar-refractivity contribution in [2.45, 2.75) is 39.8 Å². The van der Waals surface area contributed by atoms with Gasteiger partial charge in [-0.3, -0.25) is 9.59 Å². The van der Waals surface area contributed by atoms with E-state index in [9.17, 15) is 14.7 Å². The third-order valence-electron chi connectivity index (χ3n) is 2.95. The number of imidazole rings is 1. The largest absolute Gasteiger partial charge is 0.465 e. The maximum absolute atomic E-state index is 12.0. The van der Waals surface area contributed by atoms with E-state index in [4.69, 9.17) is 9.47 Å². The minimum absolute atomic E-state index is 0.0298. The second-order valence-electron chi connectivity index (χ2n) is 4.75. The van der Waals surface area contributed by atoms with Gasteiger partial charge in [-0.15, -0.1) is 0 Å². The third kappa shape index (κ3) is 4.04. The van der Waals surface area contributed by atoms with Crippen molar-refractivity contribution in [1.82, 2.24) is 9.55 Å². The summed E-state index contributed by atoms with van der Waals surface area (Å²) in [5.41, 5.74) is 0.371. The molecule has 1 unspecified atom stereocenters. The van der Waals surface area contributed by atoms with Gasteiger partial charge in [-0.2, -0.15) is 0 Å². The van der Waals surface area contributed by atoms with Crippen LogP contribution in [-0.4, -0.2) is 39.8 Å². The quantitative estimate of drug-likeness (QED) is 0.601. The van der Waals surface area contributed by atoms with Gasteiger partial charge in [-0.05, 0) is 27.7 Å². The molecule has 1 rings (SSSR count). The lowest BCUT2D eigenvalue weighted by atomic mass is 10.00. The molecule has 1 aromatic heterocycles. The monoisotopic (exact) mass is 298 g/mol. The first kappa shape index (κ1) is 17.2. The third-order valence-corrected chi connectivity index (χ3v) is 2.95. The van der Waals surface area contributed by atoms with Crippen LogP contribution in [0.5, 0.6) is 0 Å². The fourth-order valence-electron chi connectivity index (χ4n) is 1.96. The van der Waals surface area contributed by atoms with E-state index in [1.165, 1.54) is 12.5 Å². The summed E-state index contributed by atoms with van der Waals surface area (Å²) >= 11 is 0. The first-order valence-corrected chi connectivity index (χ1v) is 6.97. The number of aromatic nitrogens is 2. The van der Waals surface area contributed by atoms with Gasteiger partial charge >= 0.3 is 11.9 Å². The molecule has 1 heterocycles. The number of carbonyl (C=O) groups excluding carboxylic acids is 2. The molecule has 0 aliphatic heterocycles. The zero-order valence-corrected chi connectivity index (χ0v) is 12.8. The molecule has 0 amide bonds. The van der Waals surface area contributed by atoms with Crippen LogP contribution >= 0.6 is 0 Å². The molecule has 0 bridgehead atoms. The van der Waals surface area contributed by atoms with Crippen LogP contribution in [-0.2, 0) is 19.1 Å². The maximum atomic E-state index is 12.0. The number of hydrogen-bond donors (Lipinski definition) is 1. The maximum Gasteiger partial charge on any atom is 0.323 e. The molecule has 0 radical (unpaired) electrons. The fraction of sp³-hybridized carbons (Fsp3) is 0.643. The summed E-state index contributed by atoms with van der Waals surface area (Å²) < 4.78 is 11.4. The molecule has 7 nitrogen and oxygen atoms in total.